The van der Waals surface area contributed by atoms with E-state index in [0.29, 0.717) is 55.7 Å². The number of hydrogen-bond acceptors (Lipinski definition) is 8. The van der Waals surface area contributed by atoms with Gasteiger partial charge in [-0.3, -0.25) is 14.8 Å². The predicted molar refractivity (Wildman–Crippen MR) is 124 cm³/mol. The van der Waals surface area contributed by atoms with Crippen molar-refractivity contribution in [2.75, 3.05) is 32.8 Å². The lowest BCUT2D eigenvalue weighted by molar-refractivity contribution is -0.0499. The molecule has 0 atom stereocenters. The van der Waals surface area contributed by atoms with Crippen LogP contribution in [-0.4, -0.2) is 64.9 Å². The van der Waals surface area contributed by atoms with Gasteiger partial charge in [-0.1, -0.05) is 0 Å². The topological polar surface area (TPSA) is 90.7 Å². The molecule has 0 aromatic carbocycles. The molecule has 1 saturated heterocycles. The first kappa shape index (κ1) is 23.4. The summed E-state index contributed by atoms with van der Waals surface area (Å²) in [6.07, 6.45) is 4.90. The largest absolute Gasteiger partial charge is 0.486 e. The van der Waals surface area contributed by atoms with Crippen LogP contribution in [0.3, 0.4) is 0 Å². The Morgan fingerprint density at radius 2 is 1.86 bits per heavy atom. The minimum atomic E-state index is -2.95. The zero-order valence-corrected chi connectivity index (χ0v) is 19.2. The van der Waals surface area contributed by atoms with Crippen molar-refractivity contribution >= 4 is 11.0 Å². The number of ether oxygens (including phenoxy) is 3. The normalized spacial score (nSPS) is 16.7. The molecule has 1 fully saturated rings. The molecular weight excluding hydrogens is 460 g/mol. The second kappa shape index (κ2) is 10.5. The van der Waals surface area contributed by atoms with E-state index in [-0.39, 0.29) is 11.3 Å². The van der Waals surface area contributed by atoms with Gasteiger partial charge in [-0.2, -0.15) is 8.78 Å². The standard InChI is InChI=1S/C24H27F2N5O4/c25-24(26)35-18-12-20-19(29-14-18)1-2-23(32)31(20)8-7-30-5-3-16(4-6-30)27-13-17-11-21-22(15-28-17)34-10-9-33-21/h1-2,11-12,14-16,24,27H,3-10,13H2. The minimum Gasteiger partial charge on any atom is -0.486 e. The van der Waals surface area contributed by atoms with Crippen LogP contribution in [-0.2, 0) is 13.1 Å². The van der Waals surface area contributed by atoms with E-state index in [0.717, 1.165) is 37.4 Å². The van der Waals surface area contributed by atoms with Crippen molar-refractivity contribution in [3.8, 4) is 17.2 Å². The number of piperidine rings is 1. The van der Waals surface area contributed by atoms with Gasteiger partial charge in [-0.15, -0.1) is 0 Å². The SMILES string of the molecule is O=c1ccc2ncc(OC(F)F)cc2n1CCN1CCC(NCc2cc3c(cn2)OCCO3)CC1. The molecule has 35 heavy (non-hydrogen) atoms. The number of likely N-dealkylation sites (tertiary alicyclic amines) is 1. The zero-order chi connectivity index (χ0) is 24.2. The summed E-state index contributed by atoms with van der Waals surface area (Å²) in [6.45, 7) is 1.71. The van der Waals surface area contributed by atoms with E-state index in [4.69, 9.17) is 9.47 Å². The third kappa shape index (κ3) is 5.68. The molecule has 0 spiro atoms. The molecule has 0 bridgehead atoms. The van der Waals surface area contributed by atoms with E-state index in [2.05, 4.69) is 24.9 Å². The van der Waals surface area contributed by atoms with Crippen LogP contribution in [0.15, 0.2) is 41.5 Å². The summed E-state index contributed by atoms with van der Waals surface area (Å²) in [5.41, 5.74) is 1.76. The number of pyridine rings is 3. The Morgan fingerprint density at radius 3 is 2.66 bits per heavy atom. The van der Waals surface area contributed by atoms with E-state index in [1.807, 2.05) is 6.07 Å². The van der Waals surface area contributed by atoms with Gasteiger partial charge in [0, 0.05) is 43.9 Å². The fourth-order valence-corrected chi connectivity index (χ4v) is 4.48. The number of aromatic nitrogens is 3. The molecule has 0 radical (unpaired) electrons. The highest BCUT2D eigenvalue weighted by molar-refractivity contribution is 5.75. The van der Waals surface area contributed by atoms with Crippen LogP contribution in [0, 0.1) is 0 Å². The summed E-state index contributed by atoms with van der Waals surface area (Å²) in [5.74, 6) is 1.36. The maximum Gasteiger partial charge on any atom is 0.387 e. The predicted octanol–water partition coefficient (Wildman–Crippen LogP) is 2.42. The summed E-state index contributed by atoms with van der Waals surface area (Å²) in [6, 6.07) is 6.78. The van der Waals surface area contributed by atoms with Crippen molar-refractivity contribution in [1.29, 1.82) is 0 Å². The summed E-state index contributed by atoms with van der Waals surface area (Å²) in [5, 5.41) is 3.57. The second-order valence-corrected chi connectivity index (χ2v) is 8.59. The molecule has 1 N–H and O–H groups in total. The average Bonchev–Trinajstić information content (AvgIpc) is 2.87. The van der Waals surface area contributed by atoms with Crippen LogP contribution in [0.1, 0.15) is 18.5 Å². The summed E-state index contributed by atoms with van der Waals surface area (Å²) in [4.78, 5) is 23.4. The Kier molecular flexibility index (Phi) is 7.05. The van der Waals surface area contributed by atoms with E-state index in [9.17, 15) is 13.6 Å². The number of fused-ring (bicyclic) bond motifs is 2. The number of alkyl halides is 2. The van der Waals surface area contributed by atoms with Crippen molar-refractivity contribution in [2.24, 2.45) is 0 Å². The first-order chi connectivity index (χ1) is 17.0. The van der Waals surface area contributed by atoms with Gasteiger partial charge in [0.15, 0.2) is 11.5 Å². The van der Waals surface area contributed by atoms with E-state index >= 15 is 0 Å². The van der Waals surface area contributed by atoms with Gasteiger partial charge >= 0.3 is 6.61 Å². The molecule has 2 aliphatic rings. The van der Waals surface area contributed by atoms with Gasteiger partial charge in [-0.05, 0) is 32.0 Å². The fraction of sp³-hybridized carbons (Fsp3) is 0.458. The van der Waals surface area contributed by atoms with Gasteiger partial charge in [-0.25, -0.2) is 0 Å². The van der Waals surface area contributed by atoms with Crippen LogP contribution in [0.2, 0.25) is 0 Å². The van der Waals surface area contributed by atoms with E-state index < -0.39 is 6.61 Å². The Morgan fingerprint density at radius 1 is 1.06 bits per heavy atom. The summed E-state index contributed by atoms with van der Waals surface area (Å²) in [7, 11) is 0. The molecule has 5 rings (SSSR count). The highest BCUT2D eigenvalue weighted by atomic mass is 19.3. The highest BCUT2D eigenvalue weighted by Gasteiger charge is 2.20. The molecule has 0 aliphatic carbocycles. The van der Waals surface area contributed by atoms with Crippen LogP contribution in [0.5, 0.6) is 17.2 Å². The lowest BCUT2D eigenvalue weighted by atomic mass is 10.0. The maximum absolute atomic E-state index is 12.6. The average molecular weight is 488 g/mol. The molecule has 0 saturated carbocycles. The lowest BCUT2D eigenvalue weighted by Gasteiger charge is -2.32. The second-order valence-electron chi connectivity index (χ2n) is 8.59. The highest BCUT2D eigenvalue weighted by Crippen LogP contribution is 2.29. The van der Waals surface area contributed by atoms with Gasteiger partial charge in [0.25, 0.3) is 5.56 Å². The van der Waals surface area contributed by atoms with Gasteiger partial charge in [0.2, 0.25) is 0 Å². The Labute approximate surface area is 200 Å². The lowest BCUT2D eigenvalue weighted by Crippen LogP contribution is -2.43. The van der Waals surface area contributed by atoms with Gasteiger partial charge in [0.1, 0.15) is 19.0 Å². The molecule has 5 heterocycles. The molecule has 0 unspecified atom stereocenters. The third-order valence-electron chi connectivity index (χ3n) is 6.32. The monoisotopic (exact) mass is 487 g/mol. The summed E-state index contributed by atoms with van der Waals surface area (Å²) < 4.78 is 42.4. The van der Waals surface area contributed by atoms with Crippen LogP contribution < -0.4 is 25.1 Å². The first-order valence-electron chi connectivity index (χ1n) is 11.7. The van der Waals surface area contributed by atoms with Crippen LogP contribution in [0.4, 0.5) is 8.78 Å². The molecule has 186 valence electrons. The van der Waals surface area contributed by atoms with Gasteiger partial charge in [0.05, 0.1) is 29.1 Å². The van der Waals surface area contributed by atoms with E-state index in [1.165, 1.54) is 18.3 Å². The molecule has 2 aliphatic heterocycles. The smallest absolute Gasteiger partial charge is 0.387 e. The first-order valence-corrected chi connectivity index (χ1v) is 11.7. The fourth-order valence-electron chi connectivity index (χ4n) is 4.48. The molecule has 3 aromatic heterocycles. The zero-order valence-electron chi connectivity index (χ0n) is 19.2. The van der Waals surface area contributed by atoms with Crippen LogP contribution in [0.25, 0.3) is 11.0 Å². The quantitative estimate of drug-likeness (QED) is 0.518. The molecule has 3 aromatic rings. The van der Waals surface area contributed by atoms with Crippen LogP contribution >= 0.6 is 0 Å². The van der Waals surface area contributed by atoms with Crippen molar-refractivity contribution in [2.45, 2.75) is 38.6 Å². The minimum absolute atomic E-state index is 0.0637. The Balaban J connectivity index is 1.14. The molecule has 9 nitrogen and oxygen atoms in total. The molecule has 0 amide bonds. The molecule has 11 heteroatoms. The third-order valence-corrected chi connectivity index (χ3v) is 6.32. The van der Waals surface area contributed by atoms with Crippen molar-refractivity contribution < 1.29 is 23.0 Å². The van der Waals surface area contributed by atoms with Crippen molar-refractivity contribution in [3.05, 3.63) is 52.7 Å². The Bertz CT molecular complexity index is 1230. The number of hydrogen-bond donors (Lipinski definition) is 1. The van der Waals surface area contributed by atoms with Gasteiger partial charge < -0.3 is 29.0 Å². The number of nitrogens with zero attached hydrogens (tertiary/aromatic N) is 4. The van der Waals surface area contributed by atoms with Crippen molar-refractivity contribution in [3.63, 3.8) is 0 Å². The molecular formula is C24H27F2N5O4. The van der Waals surface area contributed by atoms with E-state index in [1.54, 1.807) is 16.8 Å². The maximum atomic E-state index is 12.6. The number of nitrogens with one attached hydrogen (secondary N) is 1. The Hall–Kier alpha value is -3.31. The van der Waals surface area contributed by atoms with Crippen molar-refractivity contribution in [1.82, 2.24) is 24.8 Å². The summed E-state index contributed by atoms with van der Waals surface area (Å²) >= 11 is 0. The number of halogens is 2. The number of rotatable bonds is 8.